The van der Waals surface area contributed by atoms with Gasteiger partial charge in [0.15, 0.2) is 0 Å². The summed E-state index contributed by atoms with van der Waals surface area (Å²) in [7, 11) is 0. The molecule has 4 heteroatoms. The van der Waals surface area contributed by atoms with Crippen LogP contribution in [0, 0.1) is 12.8 Å². The van der Waals surface area contributed by atoms with Crippen molar-refractivity contribution in [3.63, 3.8) is 0 Å². The second-order valence-electron chi connectivity index (χ2n) is 4.83. The highest BCUT2D eigenvalue weighted by Gasteiger charge is 2.13. The van der Waals surface area contributed by atoms with Gasteiger partial charge in [-0.05, 0) is 43.4 Å². The number of carbonyl (C=O) groups excluding carboxylic acids is 1. The zero-order valence-electron chi connectivity index (χ0n) is 11.5. The number of hydrogen-bond donors (Lipinski definition) is 1. The van der Waals surface area contributed by atoms with E-state index in [0.29, 0.717) is 28.9 Å². The van der Waals surface area contributed by atoms with Gasteiger partial charge < -0.3 is 5.32 Å². The maximum Gasteiger partial charge on any atom is 0.252 e. The van der Waals surface area contributed by atoms with Gasteiger partial charge in [-0.3, -0.25) is 4.79 Å². The summed E-state index contributed by atoms with van der Waals surface area (Å²) in [5.41, 5.74) is 1.58. The largest absolute Gasteiger partial charge is 0.352 e. The number of nitrogens with one attached hydrogen (secondary N) is 1. The number of aryl methyl sites for hydroxylation is 1. The fourth-order valence-electron chi connectivity index (χ4n) is 2.05. The second-order valence-corrected chi connectivity index (χ2v) is 5.61. The Morgan fingerprint density at radius 2 is 2.11 bits per heavy atom. The van der Waals surface area contributed by atoms with Crippen LogP contribution in [0.5, 0.6) is 0 Å². The molecular weight excluding hydrogens is 281 g/mol. The lowest BCUT2D eigenvalue weighted by Gasteiger charge is -2.16. The molecule has 19 heavy (non-hydrogen) atoms. The SMILES string of the molecule is CCCC(CCCl)CNC(=O)c1ccc(C)cc1Cl. The van der Waals surface area contributed by atoms with Crippen molar-refractivity contribution in [1.82, 2.24) is 5.32 Å². The Labute approximate surface area is 125 Å². The molecule has 1 N–H and O–H groups in total. The predicted molar refractivity (Wildman–Crippen MR) is 82.3 cm³/mol. The maximum absolute atomic E-state index is 12.1. The Bertz CT molecular complexity index is 415. The van der Waals surface area contributed by atoms with Crippen LogP contribution in [0.4, 0.5) is 0 Å². The first-order chi connectivity index (χ1) is 9.08. The van der Waals surface area contributed by atoms with Crippen LogP contribution in [0.3, 0.4) is 0 Å². The van der Waals surface area contributed by atoms with E-state index in [2.05, 4.69) is 12.2 Å². The van der Waals surface area contributed by atoms with Gasteiger partial charge in [0.2, 0.25) is 0 Å². The Morgan fingerprint density at radius 1 is 1.37 bits per heavy atom. The van der Waals surface area contributed by atoms with E-state index in [9.17, 15) is 4.79 Å². The average molecular weight is 302 g/mol. The van der Waals surface area contributed by atoms with Gasteiger partial charge in [-0.1, -0.05) is 31.0 Å². The first-order valence-corrected chi connectivity index (χ1v) is 7.60. The summed E-state index contributed by atoms with van der Waals surface area (Å²) < 4.78 is 0. The predicted octanol–water partition coefficient (Wildman–Crippen LogP) is 4.42. The molecule has 1 aromatic carbocycles. The summed E-state index contributed by atoms with van der Waals surface area (Å²) in [6, 6.07) is 5.46. The molecule has 0 aliphatic heterocycles. The highest BCUT2D eigenvalue weighted by Crippen LogP contribution is 2.18. The fraction of sp³-hybridized carbons (Fsp3) is 0.533. The molecule has 1 aromatic rings. The summed E-state index contributed by atoms with van der Waals surface area (Å²) in [6.45, 7) is 4.74. The summed E-state index contributed by atoms with van der Waals surface area (Å²) in [6.07, 6.45) is 3.11. The van der Waals surface area contributed by atoms with Crippen LogP contribution in [0.1, 0.15) is 42.1 Å². The molecule has 0 aliphatic carbocycles. The molecule has 0 fully saturated rings. The van der Waals surface area contributed by atoms with Crippen molar-refractivity contribution in [3.8, 4) is 0 Å². The van der Waals surface area contributed by atoms with Gasteiger partial charge in [-0.25, -0.2) is 0 Å². The number of halogens is 2. The summed E-state index contributed by atoms with van der Waals surface area (Å²) in [4.78, 5) is 12.1. The highest BCUT2D eigenvalue weighted by molar-refractivity contribution is 6.33. The number of rotatable bonds is 7. The monoisotopic (exact) mass is 301 g/mol. The Hall–Kier alpha value is -0.730. The molecule has 0 spiro atoms. The van der Waals surface area contributed by atoms with E-state index >= 15 is 0 Å². The molecule has 2 nitrogen and oxygen atoms in total. The van der Waals surface area contributed by atoms with E-state index in [1.54, 1.807) is 12.1 Å². The van der Waals surface area contributed by atoms with E-state index in [1.165, 1.54) is 0 Å². The Morgan fingerprint density at radius 3 is 2.68 bits per heavy atom. The van der Waals surface area contributed by atoms with Gasteiger partial charge in [-0.15, -0.1) is 11.6 Å². The molecule has 0 aliphatic rings. The van der Waals surface area contributed by atoms with Crippen molar-refractivity contribution >= 4 is 29.1 Å². The summed E-state index contributed by atoms with van der Waals surface area (Å²) >= 11 is 11.9. The van der Waals surface area contributed by atoms with Gasteiger partial charge in [0.25, 0.3) is 5.91 Å². The topological polar surface area (TPSA) is 29.1 Å². The van der Waals surface area contributed by atoms with Crippen molar-refractivity contribution < 1.29 is 4.79 Å². The van der Waals surface area contributed by atoms with Gasteiger partial charge >= 0.3 is 0 Å². The van der Waals surface area contributed by atoms with E-state index < -0.39 is 0 Å². The average Bonchev–Trinajstić information content (AvgIpc) is 2.36. The lowest BCUT2D eigenvalue weighted by molar-refractivity contribution is 0.0946. The van der Waals surface area contributed by atoms with Crippen LogP contribution in [-0.2, 0) is 0 Å². The van der Waals surface area contributed by atoms with Crippen molar-refractivity contribution in [1.29, 1.82) is 0 Å². The molecule has 0 radical (unpaired) electrons. The van der Waals surface area contributed by atoms with E-state index in [1.807, 2.05) is 13.0 Å². The van der Waals surface area contributed by atoms with E-state index in [-0.39, 0.29) is 5.91 Å². The molecule has 0 aromatic heterocycles. The fourth-order valence-corrected chi connectivity index (χ4v) is 2.68. The lowest BCUT2D eigenvalue weighted by atomic mass is 10.0. The van der Waals surface area contributed by atoms with Crippen molar-refractivity contribution in [2.75, 3.05) is 12.4 Å². The molecule has 1 unspecified atom stereocenters. The minimum atomic E-state index is -0.110. The van der Waals surface area contributed by atoms with Crippen LogP contribution in [0.2, 0.25) is 5.02 Å². The van der Waals surface area contributed by atoms with Crippen molar-refractivity contribution in [3.05, 3.63) is 34.3 Å². The minimum absolute atomic E-state index is 0.110. The molecule has 0 heterocycles. The third-order valence-electron chi connectivity index (χ3n) is 3.13. The normalized spacial score (nSPS) is 12.2. The Kier molecular flexibility index (Phi) is 7.25. The number of alkyl halides is 1. The van der Waals surface area contributed by atoms with Gasteiger partial charge in [0.1, 0.15) is 0 Å². The zero-order chi connectivity index (χ0) is 14.3. The van der Waals surface area contributed by atoms with E-state index in [4.69, 9.17) is 23.2 Å². The molecule has 1 rings (SSSR count). The molecule has 0 bridgehead atoms. The molecule has 106 valence electrons. The third kappa shape index (κ3) is 5.42. The molecular formula is C15H21Cl2NO. The summed E-state index contributed by atoms with van der Waals surface area (Å²) in [5, 5.41) is 3.45. The Balaban J connectivity index is 2.58. The highest BCUT2D eigenvalue weighted by atomic mass is 35.5. The third-order valence-corrected chi connectivity index (χ3v) is 3.67. The molecule has 0 saturated carbocycles. The smallest absolute Gasteiger partial charge is 0.252 e. The number of carbonyl (C=O) groups is 1. The van der Waals surface area contributed by atoms with Crippen LogP contribution in [-0.4, -0.2) is 18.3 Å². The van der Waals surface area contributed by atoms with Crippen LogP contribution < -0.4 is 5.32 Å². The quantitative estimate of drug-likeness (QED) is 0.742. The van der Waals surface area contributed by atoms with Crippen molar-refractivity contribution in [2.24, 2.45) is 5.92 Å². The zero-order valence-corrected chi connectivity index (χ0v) is 13.0. The van der Waals surface area contributed by atoms with E-state index in [0.717, 1.165) is 24.8 Å². The maximum atomic E-state index is 12.1. The first-order valence-electron chi connectivity index (χ1n) is 6.68. The lowest BCUT2D eigenvalue weighted by Crippen LogP contribution is -2.29. The minimum Gasteiger partial charge on any atom is -0.352 e. The first kappa shape index (κ1) is 16.3. The number of benzene rings is 1. The number of hydrogen-bond acceptors (Lipinski definition) is 1. The molecule has 0 saturated heterocycles. The van der Waals surface area contributed by atoms with Crippen molar-refractivity contribution in [2.45, 2.75) is 33.1 Å². The van der Waals surface area contributed by atoms with Crippen LogP contribution in [0.25, 0.3) is 0 Å². The second kappa shape index (κ2) is 8.44. The summed E-state index contributed by atoms with van der Waals surface area (Å²) in [5.74, 6) is 0.961. The molecule has 1 amide bonds. The number of amides is 1. The van der Waals surface area contributed by atoms with Gasteiger partial charge in [0, 0.05) is 12.4 Å². The van der Waals surface area contributed by atoms with Gasteiger partial charge in [-0.2, -0.15) is 0 Å². The van der Waals surface area contributed by atoms with Crippen LogP contribution >= 0.6 is 23.2 Å². The standard InChI is InChI=1S/C15H21Cl2NO/c1-3-4-12(7-8-16)10-18-15(19)13-6-5-11(2)9-14(13)17/h5-6,9,12H,3-4,7-8,10H2,1-2H3,(H,18,19). The molecule has 1 atom stereocenters. The van der Waals surface area contributed by atoms with Gasteiger partial charge in [0.05, 0.1) is 10.6 Å². The van der Waals surface area contributed by atoms with Crippen LogP contribution in [0.15, 0.2) is 18.2 Å².